The molecule has 5 nitrogen and oxygen atoms in total. The maximum atomic E-state index is 10.6. The molecule has 0 saturated heterocycles. The van der Waals surface area contributed by atoms with Crippen molar-refractivity contribution in [1.82, 2.24) is 10.2 Å². The number of halogens is 1. The Morgan fingerprint density at radius 2 is 2.10 bits per heavy atom. The molecule has 0 aliphatic rings. The van der Waals surface area contributed by atoms with Crippen LogP contribution in [0.4, 0.5) is 0 Å². The first-order chi connectivity index (χ1) is 4.63. The van der Waals surface area contributed by atoms with Crippen LogP contribution in [0.3, 0.4) is 0 Å². The third-order valence-corrected chi connectivity index (χ3v) is 1.54. The van der Waals surface area contributed by atoms with Gasteiger partial charge in [0.05, 0.1) is 0 Å². The Morgan fingerprint density at radius 3 is 2.30 bits per heavy atom. The van der Waals surface area contributed by atoms with Gasteiger partial charge < -0.3 is 5.11 Å². The molecule has 54 valence electrons. The summed E-state index contributed by atoms with van der Waals surface area (Å²) >= 11 is 2.85. The van der Waals surface area contributed by atoms with Gasteiger partial charge in [0.1, 0.15) is 4.60 Å². The Labute approximate surface area is 63.2 Å². The maximum absolute atomic E-state index is 10.6. The largest absolute Gasteiger partial charge is 0.477 e. The van der Waals surface area contributed by atoms with Crippen LogP contribution in [0.5, 0.6) is 0 Å². The van der Waals surface area contributed by atoms with Gasteiger partial charge in [-0.05, 0) is 15.9 Å². The van der Waals surface area contributed by atoms with E-state index >= 15 is 0 Å². The van der Waals surface area contributed by atoms with Crippen molar-refractivity contribution in [3.05, 3.63) is 20.5 Å². The Hall–Kier alpha value is -1.04. The molecule has 1 rings (SSSR count). The van der Waals surface area contributed by atoms with Gasteiger partial charge >= 0.3 is 5.97 Å². The smallest absolute Gasteiger partial charge is 0.344 e. The highest BCUT2D eigenvalue weighted by Crippen LogP contribution is 2.06. The molecule has 0 unspecified atom stereocenters. The molecule has 0 atom stereocenters. The van der Waals surface area contributed by atoms with E-state index in [9.17, 15) is 9.59 Å². The number of carboxylic acids is 1. The summed E-state index contributed by atoms with van der Waals surface area (Å²) in [4.78, 5) is 20.8. The zero-order valence-electron chi connectivity index (χ0n) is 4.64. The van der Waals surface area contributed by atoms with Gasteiger partial charge in [-0.1, -0.05) is 0 Å². The van der Waals surface area contributed by atoms with E-state index in [2.05, 4.69) is 26.1 Å². The van der Waals surface area contributed by atoms with Gasteiger partial charge in [0.15, 0.2) is 5.56 Å². The number of carbonyl (C=O) groups is 1. The Kier molecular flexibility index (Phi) is 1.62. The molecule has 0 saturated carbocycles. The number of nitrogens with one attached hydrogen (secondary N) is 2. The molecule has 1 aromatic rings. The number of aromatic carboxylic acids is 1. The third kappa shape index (κ3) is 0.971. The highest BCUT2D eigenvalue weighted by molar-refractivity contribution is 9.10. The summed E-state index contributed by atoms with van der Waals surface area (Å²) in [5, 5.41) is 12.8. The van der Waals surface area contributed by atoms with E-state index in [4.69, 9.17) is 5.11 Å². The molecule has 0 aliphatic heterocycles. The molecule has 1 heterocycles. The number of carboxylic acid groups (broad SMARTS) is 1. The maximum Gasteiger partial charge on any atom is 0.344 e. The van der Waals surface area contributed by atoms with Crippen LogP contribution in [-0.2, 0) is 0 Å². The summed E-state index contributed by atoms with van der Waals surface area (Å²) < 4.78 is 0.157. The van der Waals surface area contributed by atoms with Crippen LogP contribution in [-0.4, -0.2) is 21.3 Å². The summed E-state index contributed by atoms with van der Waals surface area (Å²) in [7, 11) is 0. The van der Waals surface area contributed by atoms with E-state index in [1.54, 1.807) is 0 Å². The summed E-state index contributed by atoms with van der Waals surface area (Å²) in [6.07, 6.45) is 0. The predicted molar refractivity (Wildman–Crippen MR) is 36.1 cm³/mol. The summed E-state index contributed by atoms with van der Waals surface area (Å²) in [6.45, 7) is 0. The van der Waals surface area contributed by atoms with Crippen LogP contribution in [0, 0.1) is 0 Å². The SMILES string of the molecule is O=C(O)c1c(Br)[nH][nH]c1=O. The normalized spacial score (nSPS) is 9.70. The van der Waals surface area contributed by atoms with E-state index in [0.717, 1.165) is 0 Å². The fourth-order valence-electron chi connectivity index (χ4n) is 0.527. The molecule has 0 radical (unpaired) electrons. The van der Waals surface area contributed by atoms with Crippen molar-refractivity contribution < 1.29 is 9.90 Å². The topological polar surface area (TPSA) is 85.9 Å². The summed E-state index contributed by atoms with van der Waals surface area (Å²) in [5.74, 6) is -1.26. The standard InChI is InChI=1S/C4H3BrN2O3/c5-2-1(4(9)10)3(8)7-6-2/h(H,9,10)(H2,6,7,8). The second-order valence-electron chi connectivity index (χ2n) is 1.57. The van der Waals surface area contributed by atoms with Crippen LogP contribution >= 0.6 is 15.9 Å². The van der Waals surface area contributed by atoms with Gasteiger partial charge in [0.25, 0.3) is 5.56 Å². The average molecular weight is 207 g/mol. The van der Waals surface area contributed by atoms with Crippen molar-refractivity contribution in [2.45, 2.75) is 0 Å². The Morgan fingerprint density at radius 1 is 1.50 bits per heavy atom. The number of aromatic amines is 2. The third-order valence-electron chi connectivity index (χ3n) is 0.946. The fourth-order valence-corrected chi connectivity index (χ4v) is 0.976. The van der Waals surface area contributed by atoms with Crippen LogP contribution in [0.25, 0.3) is 0 Å². The van der Waals surface area contributed by atoms with E-state index in [1.807, 2.05) is 0 Å². The first-order valence-electron chi connectivity index (χ1n) is 2.32. The minimum absolute atomic E-state index is 0.157. The Balaban J connectivity index is 3.37. The minimum Gasteiger partial charge on any atom is -0.477 e. The molecule has 0 fully saturated rings. The Bertz CT molecular complexity index is 313. The highest BCUT2D eigenvalue weighted by Gasteiger charge is 2.13. The molecule has 0 aliphatic carbocycles. The number of H-pyrrole nitrogens is 2. The van der Waals surface area contributed by atoms with Gasteiger partial charge in [0, 0.05) is 0 Å². The van der Waals surface area contributed by atoms with Gasteiger partial charge in [-0.15, -0.1) is 0 Å². The number of rotatable bonds is 1. The zero-order valence-corrected chi connectivity index (χ0v) is 6.23. The first kappa shape index (κ1) is 7.07. The van der Waals surface area contributed by atoms with Crippen LogP contribution in [0.2, 0.25) is 0 Å². The number of hydrogen-bond acceptors (Lipinski definition) is 2. The lowest BCUT2D eigenvalue weighted by Crippen LogP contribution is -2.11. The van der Waals surface area contributed by atoms with Crippen LogP contribution in [0.1, 0.15) is 10.4 Å². The van der Waals surface area contributed by atoms with Crippen LogP contribution in [0.15, 0.2) is 9.40 Å². The molecule has 6 heteroatoms. The lowest BCUT2D eigenvalue weighted by Gasteiger charge is -1.82. The molecular weight excluding hydrogens is 204 g/mol. The van der Waals surface area contributed by atoms with Crippen molar-refractivity contribution in [1.29, 1.82) is 0 Å². The fraction of sp³-hybridized carbons (Fsp3) is 0. The molecule has 0 amide bonds. The van der Waals surface area contributed by atoms with E-state index < -0.39 is 11.5 Å². The van der Waals surface area contributed by atoms with Gasteiger partial charge in [-0.2, -0.15) is 0 Å². The lowest BCUT2D eigenvalue weighted by molar-refractivity contribution is 0.0694. The van der Waals surface area contributed by atoms with E-state index in [-0.39, 0.29) is 10.2 Å². The molecule has 10 heavy (non-hydrogen) atoms. The van der Waals surface area contributed by atoms with Crippen molar-refractivity contribution in [3.63, 3.8) is 0 Å². The predicted octanol–water partition coefficient (Wildman–Crippen LogP) is 0.164. The monoisotopic (exact) mass is 206 g/mol. The minimum atomic E-state index is -1.26. The second kappa shape index (κ2) is 2.30. The average Bonchev–Trinajstić information content (AvgIpc) is 2.11. The molecule has 0 spiro atoms. The number of hydrogen-bond donors (Lipinski definition) is 3. The highest BCUT2D eigenvalue weighted by atomic mass is 79.9. The van der Waals surface area contributed by atoms with Crippen molar-refractivity contribution >= 4 is 21.9 Å². The van der Waals surface area contributed by atoms with E-state index in [1.165, 1.54) is 0 Å². The molecule has 3 N–H and O–H groups in total. The van der Waals surface area contributed by atoms with Crippen molar-refractivity contribution in [3.8, 4) is 0 Å². The van der Waals surface area contributed by atoms with Crippen LogP contribution < -0.4 is 5.56 Å². The van der Waals surface area contributed by atoms with Crippen molar-refractivity contribution in [2.75, 3.05) is 0 Å². The lowest BCUT2D eigenvalue weighted by atomic mass is 10.4. The van der Waals surface area contributed by atoms with Crippen molar-refractivity contribution in [2.24, 2.45) is 0 Å². The van der Waals surface area contributed by atoms with Gasteiger partial charge in [-0.3, -0.25) is 15.0 Å². The molecule has 0 aromatic carbocycles. The quantitative estimate of drug-likeness (QED) is 0.613. The van der Waals surface area contributed by atoms with Gasteiger partial charge in [-0.25, -0.2) is 4.79 Å². The molecule has 0 bridgehead atoms. The molecule has 1 aromatic heterocycles. The number of aromatic nitrogens is 2. The molecular formula is C4H3BrN2O3. The second-order valence-corrected chi connectivity index (χ2v) is 2.37. The van der Waals surface area contributed by atoms with Gasteiger partial charge in [0.2, 0.25) is 0 Å². The summed E-state index contributed by atoms with van der Waals surface area (Å²) in [6, 6.07) is 0. The first-order valence-corrected chi connectivity index (χ1v) is 3.11. The van der Waals surface area contributed by atoms with E-state index in [0.29, 0.717) is 0 Å². The summed E-state index contributed by atoms with van der Waals surface area (Å²) in [5.41, 5.74) is -0.945. The zero-order chi connectivity index (χ0) is 7.72.